The van der Waals surface area contributed by atoms with Crippen LogP contribution in [-0.4, -0.2) is 24.4 Å². The first-order valence-corrected chi connectivity index (χ1v) is 7.52. The van der Waals surface area contributed by atoms with E-state index >= 15 is 0 Å². The number of hydrogen-bond acceptors (Lipinski definition) is 2. The second-order valence-corrected chi connectivity index (χ2v) is 5.74. The number of carbonyl (C=O) groups is 1. The zero-order valence-electron chi connectivity index (χ0n) is 13.1. The molecule has 0 N–H and O–H groups in total. The monoisotopic (exact) mass is 335 g/mol. The lowest BCUT2D eigenvalue weighted by molar-refractivity contribution is -0.137. The molecular weight excluding hydrogens is 319 g/mol. The zero-order chi connectivity index (χ0) is 17.3. The molecule has 1 amide bonds. The summed E-state index contributed by atoms with van der Waals surface area (Å²) in [5.74, 6) is 0.560. The van der Waals surface area contributed by atoms with Gasteiger partial charge in [0.15, 0.2) is 0 Å². The molecule has 3 rings (SSSR count). The number of alkyl halides is 3. The summed E-state index contributed by atoms with van der Waals surface area (Å²) in [6.07, 6.45) is -3.65. The minimum absolute atomic E-state index is 0.0452. The highest BCUT2D eigenvalue weighted by molar-refractivity contribution is 5.97. The molecule has 0 saturated carbocycles. The van der Waals surface area contributed by atoms with E-state index in [2.05, 4.69) is 0 Å². The molecule has 0 aliphatic carbocycles. The first-order chi connectivity index (χ1) is 11.4. The van der Waals surface area contributed by atoms with Gasteiger partial charge in [-0.15, -0.1) is 0 Å². The fourth-order valence-corrected chi connectivity index (χ4v) is 2.70. The molecule has 1 aliphatic heterocycles. The smallest absolute Gasteiger partial charge is 0.416 e. The molecule has 0 fully saturated rings. The minimum Gasteiger partial charge on any atom is -0.489 e. The number of likely N-dealkylation sites (N-methyl/N-ethyl adjacent to an activating group) is 1. The molecule has 0 saturated heterocycles. The predicted octanol–water partition coefficient (Wildman–Crippen LogP) is 3.91. The fraction of sp³-hybridized carbons (Fsp3) is 0.278. The van der Waals surface area contributed by atoms with Crippen LogP contribution in [0.5, 0.6) is 5.75 Å². The summed E-state index contributed by atoms with van der Waals surface area (Å²) in [6.45, 7) is 0.769. The van der Waals surface area contributed by atoms with Crippen LogP contribution >= 0.6 is 0 Å². The molecule has 126 valence electrons. The van der Waals surface area contributed by atoms with Crippen molar-refractivity contribution < 1.29 is 22.7 Å². The average Bonchev–Trinajstić information content (AvgIpc) is 2.56. The van der Waals surface area contributed by atoms with E-state index in [0.717, 1.165) is 17.7 Å². The number of benzene rings is 2. The van der Waals surface area contributed by atoms with Crippen LogP contribution in [0.4, 0.5) is 13.2 Å². The number of hydrogen-bond donors (Lipinski definition) is 0. The van der Waals surface area contributed by atoms with E-state index in [-0.39, 0.29) is 12.5 Å². The number of nitrogens with zero attached hydrogens (tertiary/aromatic N) is 1. The predicted molar refractivity (Wildman–Crippen MR) is 82.9 cm³/mol. The molecule has 1 heterocycles. The van der Waals surface area contributed by atoms with Gasteiger partial charge in [-0.1, -0.05) is 18.2 Å². The van der Waals surface area contributed by atoms with E-state index in [1.54, 1.807) is 30.1 Å². The van der Waals surface area contributed by atoms with Crippen molar-refractivity contribution in [3.05, 3.63) is 64.7 Å². The maximum Gasteiger partial charge on any atom is 0.416 e. The molecule has 2 aromatic rings. The van der Waals surface area contributed by atoms with Gasteiger partial charge >= 0.3 is 6.18 Å². The van der Waals surface area contributed by atoms with Crippen molar-refractivity contribution in [3.63, 3.8) is 0 Å². The Balaban J connectivity index is 1.75. The summed E-state index contributed by atoms with van der Waals surface area (Å²) in [6, 6.07) is 10.2. The third-order valence-electron chi connectivity index (χ3n) is 4.08. The van der Waals surface area contributed by atoms with Gasteiger partial charge in [0.2, 0.25) is 0 Å². The number of amides is 1. The van der Waals surface area contributed by atoms with E-state index in [1.807, 2.05) is 0 Å². The third kappa shape index (κ3) is 3.22. The molecule has 0 aromatic heterocycles. The SMILES string of the molecule is CN1CCc2c(OCc3ccc(C(F)(F)F)cc3)cccc2C1=O. The molecular formula is C18H16F3NO2. The Morgan fingerprint density at radius 3 is 2.50 bits per heavy atom. The zero-order valence-corrected chi connectivity index (χ0v) is 13.1. The van der Waals surface area contributed by atoms with Gasteiger partial charge in [0.05, 0.1) is 5.56 Å². The van der Waals surface area contributed by atoms with Crippen molar-refractivity contribution in [2.75, 3.05) is 13.6 Å². The highest BCUT2D eigenvalue weighted by Gasteiger charge is 2.30. The summed E-state index contributed by atoms with van der Waals surface area (Å²) in [5.41, 5.74) is 1.43. The lowest BCUT2D eigenvalue weighted by atomic mass is 9.98. The first-order valence-electron chi connectivity index (χ1n) is 7.52. The van der Waals surface area contributed by atoms with E-state index in [1.165, 1.54) is 12.1 Å². The van der Waals surface area contributed by atoms with Crippen LogP contribution in [0, 0.1) is 0 Å². The minimum atomic E-state index is -4.34. The molecule has 6 heteroatoms. The number of rotatable bonds is 3. The van der Waals surface area contributed by atoms with Gasteiger partial charge in [-0.3, -0.25) is 4.79 Å². The number of fused-ring (bicyclic) bond motifs is 1. The van der Waals surface area contributed by atoms with Crippen LogP contribution in [-0.2, 0) is 19.2 Å². The Bertz CT molecular complexity index is 754. The lowest BCUT2D eigenvalue weighted by Gasteiger charge is -2.26. The molecule has 0 radical (unpaired) electrons. The summed E-state index contributed by atoms with van der Waals surface area (Å²) in [7, 11) is 1.75. The molecule has 24 heavy (non-hydrogen) atoms. The maximum atomic E-state index is 12.6. The standard InChI is InChI=1S/C18H16F3NO2/c1-22-10-9-14-15(17(22)23)3-2-4-16(14)24-11-12-5-7-13(8-6-12)18(19,20)21/h2-8H,9-11H2,1H3. The topological polar surface area (TPSA) is 29.5 Å². The molecule has 1 aliphatic rings. The van der Waals surface area contributed by atoms with Crippen molar-refractivity contribution in [2.45, 2.75) is 19.2 Å². The number of ether oxygens (including phenoxy) is 1. The van der Waals surface area contributed by atoms with Gasteiger partial charge in [-0.25, -0.2) is 0 Å². The Kier molecular flexibility index (Phi) is 4.22. The van der Waals surface area contributed by atoms with Crippen LogP contribution in [0.25, 0.3) is 0 Å². The van der Waals surface area contributed by atoms with Gasteiger partial charge in [-0.05, 0) is 36.2 Å². The normalized spacial score (nSPS) is 14.5. The van der Waals surface area contributed by atoms with Crippen molar-refractivity contribution in [2.24, 2.45) is 0 Å². The van der Waals surface area contributed by atoms with Gasteiger partial charge in [-0.2, -0.15) is 13.2 Å². The van der Waals surface area contributed by atoms with E-state index < -0.39 is 11.7 Å². The molecule has 2 aromatic carbocycles. The second kappa shape index (κ2) is 6.19. The summed E-state index contributed by atoms with van der Waals surface area (Å²) in [4.78, 5) is 13.8. The van der Waals surface area contributed by atoms with Gasteiger partial charge in [0, 0.05) is 24.7 Å². The highest BCUT2D eigenvalue weighted by atomic mass is 19.4. The van der Waals surface area contributed by atoms with Crippen LogP contribution in [0.3, 0.4) is 0 Å². The molecule has 3 nitrogen and oxygen atoms in total. The van der Waals surface area contributed by atoms with Crippen molar-refractivity contribution in [1.29, 1.82) is 0 Å². The second-order valence-electron chi connectivity index (χ2n) is 5.74. The fourth-order valence-electron chi connectivity index (χ4n) is 2.70. The molecule has 0 atom stereocenters. The van der Waals surface area contributed by atoms with Gasteiger partial charge in [0.25, 0.3) is 5.91 Å². The van der Waals surface area contributed by atoms with Gasteiger partial charge < -0.3 is 9.64 Å². The van der Waals surface area contributed by atoms with Gasteiger partial charge in [0.1, 0.15) is 12.4 Å². The molecule has 0 spiro atoms. The highest BCUT2D eigenvalue weighted by Crippen LogP contribution is 2.30. The Morgan fingerprint density at radius 2 is 1.83 bits per heavy atom. The lowest BCUT2D eigenvalue weighted by Crippen LogP contribution is -2.34. The van der Waals surface area contributed by atoms with Crippen LogP contribution < -0.4 is 4.74 Å². The Hall–Kier alpha value is -2.50. The third-order valence-corrected chi connectivity index (χ3v) is 4.08. The van der Waals surface area contributed by atoms with Crippen LogP contribution in [0.2, 0.25) is 0 Å². The van der Waals surface area contributed by atoms with E-state index in [4.69, 9.17) is 4.74 Å². The quantitative estimate of drug-likeness (QED) is 0.851. The van der Waals surface area contributed by atoms with Crippen molar-refractivity contribution in [1.82, 2.24) is 4.90 Å². The van der Waals surface area contributed by atoms with Crippen LogP contribution in [0.1, 0.15) is 27.0 Å². The number of carbonyl (C=O) groups excluding carboxylic acids is 1. The maximum absolute atomic E-state index is 12.6. The van der Waals surface area contributed by atoms with Crippen LogP contribution in [0.15, 0.2) is 42.5 Å². The molecule has 0 bridgehead atoms. The van der Waals surface area contributed by atoms with E-state index in [0.29, 0.717) is 29.8 Å². The average molecular weight is 335 g/mol. The first kappa shape index (κ1) is 16.4. The Morgan fingerprint density at radius 1 is 1.12 bits per heavy atom. The Labute approximate surface area is 137 Å². The largest absolute Gasteiger partial charge is 0.489 e. The summed E-state index contributed by atoms with van der Waals surface area (Å²) in [5, 5.41) is 0. The van der Waals surface area contributed by atoms with E-state index in [9.17, 15) is 18.0 Å². The summed E-state index contributed by atoms with van der Waals surface area (Å²) < 4.78 is 43.4. The number of halogens is 3. The van der Waals surface area contributed by atoms with Crippen molar-refractivity contribution in [3.8, 4) is 5.75 Å². The van der Waals surface area contributed by atoms with Crippen molar-refractivity contribution >= 4 is 5.91 Å². The summed E-state index contributed by atoms with van der Waals surface area (Å²) >= 11 is 0. The molecule has 0 unspecified atom stereocenters.